The van der Waals surface area contributed by atoms with Crippen LogP contribution in [0.2, 0.25) is 0 Å². The van der Waals surface area contributed by atoms with Crippen molar-refractivity contribution in [2.45, 2.75) is 26.2 Å². The Bertz CT molecular complexity index is 494. The molecule has 1 aliphatic rings. The SMILES string of the molecule is CCCC(=O)N1CCN(C(=O)Cc2ccc(F)cc2)CC1. The lowest BCUT2D eigenvalue weighted by molar-refractivity contribution is -0.139. The number of nitrogens with zero attached hydrogens (tertiary/aromatic N) is 2. The summed E-state index contributed by atoms with van der Waals surface area (Å²) in [4.78, 5) is 27.6. The monoisotopic (exact) mass is 292 g/mol. The van der Waals surface area contributed by atoms with Crippen molar-refractivity contribution in [3.8, 4) is 0 Å². The van der Waals surface area contributed by atoms with Crippen LogP contribution < -0.4 is 0 Å². The predicted octanol–water partition coefficient (Wildman–Crippen LogP) is 1.84. The van der Waals surface area contributed by atoms with Gasteiger partial charge in [0.25, 0.3) is 0 Å². The number of halogens is 1. The van der Waals surface area contributed by atoms with Gasteiger partial charge in [-0.2, -0.15) is 0 Å². The molecule has 0 saturated carbocycles. The second-order valence-corrected chi connectivity index (χ2v) is 5.31. The van der Waals surface area contributed by atoms with Gasteiger partial charge in [-0.15, -0.1) is 0 Å². The molecule has 1 aliphatic heterocycles. The van der Waals surface area contributed by atoms with Gasteiger partial charge in [0.2, 0.25) is 11.8 Å². The summed E-state index contributed by atoms with van der Waals surface area (Å²) in [5, 5.41) is 0. The van der Waals surface area contributed by atoms with Crippen LogP contribution in [0.1, 0.15) is 25.3 Å². The van der Waals surface area contributed by atoms with Gasteiger partial charge in [-0.05, 0) is 24.1 Å². The molecule has 1 aromatic rings. The molecular formula is C16H21FN2O2. The van der Waals surface area contributed by atoms with E-state index in [1.807, 2.05) is 11.8 Å². The number of carbonyl (C=O) groups excluding carboxylic acids is 2. The van der Waals surface area contributed by atoms with Crippen LogP contribution in [0.3, 0.4) is 0 Å². The molecule has 0 spiro atoms. The maximum atomic E-state index is 12.8. The number of rotatable bonds is 4. The standard InChI is InChI=1S/C16H21FN2O2/c1-2-3-15(20)18-8-10-19(11-9-18)16(21)12-13-4-6-14(17)7-5-13/h4-7H,2-3,8-12H2,1H3. The lowest BCUT2D eigenvalue weighted by Crippen LogP contribution is -2.50. The molecule has 0 aliphatic carbocycles. The van der Waals surface area contributed by atoms with Crippen molar-refractivity contribution in [2.24, 2.45) is 0 Å². The Morgan fingerprint density at radius 2 is 1.52 bits per heavy atom. The molecular weight excluding hydrogens is 271 g/mol. The quantitative estimate of drug-likeness (QED) is 0.849. The highest BCUT2D eigenvalue weighted by molar-refractivity contribution is 5.80. The molecule has 1 saturated heterocycles. The molecule has 5 heteroatoms. The third-order valence-corrected chi connectivity index (χ3v) is 3.72. The Hall–Kier alpha value is -1.91. The molecule has 1 fully saturated rings. The number of piperazine rings is 1. The summed E-state index contributed by atoms with van der Waals surface area (Å²) in [6, 6.07) is 6.00. The maximum Gasteiger partial charge on any atom is 0.227 e. The Balaban J connectivity index is 1.83. The minimum Gasteiger partial charge on any atom is -0.339 e. The van der Waals surface area contributed by atoms with E-state index in [0.29, 0.717) is 32.6 Å². The zero-order valence-corrected chi connectivity index (χ0v) is 12.3. The summed E-state index contributed by atoms with van der Waals surface area (Å²) in [5.74, 6) is -0.0958. The Morgan fingerprint density at radius 1 is 1.00 bits per heavy atom. The van der Waals surface area contributed by atoms with Crippen molar-refractivity contribution in [3.63, 3.8) is 0 Å². The number of hydrogen-bond donors (Lipinski definition) is 0. The number of carbonyl (C=O) groups is 2. The van der Waals surface area contributed by atoms with Crippen LogP contribution in [0.25, 0.3) is 0 Å². The highest BCUT2D eigenvalue weighted by atomic mass is 19.1. The fraction of sp³-hybridized carbons (Fsp3) is 0.500. The smallest absolute Gasteiger partial charge is 0.227 e. The lowest BCUT2D eigenvalue weighted by atomic mass is 10.1. The van der Waals surface area contributed by atoms with E-state index in [9.17, 15) is 14.0 Å². The molecule has 114 valence electrons. The Kier molecular flexibility index (Phi) is 5.31. The van der Waals surface area contributed by atoms with Gasteiger partial charge >= 0.3 is 0 Å². The third kappa shape index (κ3) is 4.28. The molecule has 0 bridgehead atoms. The van der Waals surface area contributed by atoms with Crippen molar-refractivity contribution in [1.29, 1.82) is 0 Å². The summed E-state index contributed by atoms with van der Waals surface area (Å²) in [6.07, 6.45) is 1.70. The topological polar surface area (TPSA) is 40.6 Å². The van der Waals surface area contributed by atoms with Crippen LogP contribution in [-0.2, 0) is 16.0 Å². The number of amides is 2. The van der Waals surface area contributed by atoms with Gasteiger partial charge in [0.1, 0.15) is 5.82 Å². The van der Waals surface area contributed by atoms with Crippen molar-refractivity contribution >= 4 is 11.8 Å². The van der Waals surface area contributed by atoms with Crippen LogP contribution in [0.5, 0.6) is 0 Å². The van der Waals surface area contributed by atoms with Gasteiger partial charge in [-0.25, -0.2) is 4.39 Å². The van der Waals surface area contributed by atoms with Gasteiger partial charge in [0, 0.05) is 32.6 Å². The second kappa shape index (κ2) is 7.20. The van der Waals surface area contributed by atoms with E-state index in [1.165, 1.54) is 12.1 Å². The molecule has 1 aromatic carbocycles. The normalized spacial score (nSPS) is 15.1. The van der Waals surface area contributed by atoms with Crippen molar-refractivity contribution in [3.05, 3.63) is 35.6 Å². The van der Waals surface area contributed by atoms with Gasteiger partial charge < -0.3 is 9.80 Å². The first kappa shape index (κ1) is 15.5. The molecule has 0 N–H and O–H groups in total. The first-order valence-electron chi connectivity index (χ1n) is 7.40. The molecule has 0 radical (unpaired) electrons. The first-order chi connectivity index (χ1) is 10.1. The van der Waals surface area contributed by atoms with Gasteiger partial charge in [0.05, 0.1) is 6.42 Å². The zero-order valence-electron chi connectivity index (χ0n) is 12.3. The average molecular weight is 292 g/mol. The van der Waals surface area contributed by atoms with E-state index >= 15 is 0 Å². The minimum atomic E-state index is -0.297. The molecule has 1 heterocycles. The first-order valence-corrected chi connectivity index (χ1v) is 7.40. The van der Waals surface area contributed by atoms with Gasteiger partial charge in [-0.1, -0.05) is 19.1 Å². The number of benzene rings is 1. The van der Waals surface area contributed by atoms with Gasteiger partial charge in [-0.3, -0.25) is 9.59 Å². The fourth-order valence-electron chi connectivity index (χ4n) is 2.47. The summed E-state index contributed by atoms with van der Waals surface area (Å²) >= 11 is 0. The molecule has 2 amide bonds. The molecule has 0 aromatic heterocycles. The lowest BCUT2D eigenvalue weighted by Gasteiger charge is -2.35. The van der Waals surface area contributed by atoms with E-state index in [-0.39, 0.29) is 24.1 Å². The van der Waals surface area contributed by atoms with Gasteiger partial charge in [0.15, 0.2) is 0 Å². The fourth-order valence-corrected chi connectivity index (χ4v) is 2.47. The molecule has 0 unspecified atom stereocenters. The molecule has 0 atom stereocenters. The predicted molar refractivity (Wildman–Crippen MR) is 78.2 cm³/mol. The zero-order chi connectivity index (χ0) is 15.2. The molecule has 21 heavy (non-hydrogen) atoms. The molecule has 2 rings (SSSR count). The van der Waals surface area contributed by atoms with E-state index in [4.69, 9.17) is 0 Å². The minimum absolute atomic E-state index is 0.0317. The highest BCUT2D eigenvalue weighted by Crippen LogP contribution is 2.09. The van der Waals surface area contributed by atoms with E-state index in [0.717, 1.165) is 12.0 Å². The van der Waals surface area contributed by atoms with E-state index in [2.05, 4.69) is 0 Å². The third-order valence-electron chi connectivity index (χ3n) is 3.72. The highest BCUT2D eigenvalue weighted by Gasteiger charge is 2.23. The largest absolute Gasteiger partial charge is 0.339 e. The Labute approximate surface area is 124 Å². The second-order valence-electron chi connectivity index (χ2n) is 5.31. The van der Waals surface area contributed by atoms with Crippen LogP contribution in [-0.4, -0.2) is 47.8 Å². The summed E-state index contributed by atoms with van der Waals surface area (Å²) in [5.41, 5.74) is 0.811. The van der Waals surface area contributed by atoms with Crippen LogP contribution in [0.15, 0.2) is 24.3 Å². The summed E-state index contributed by atoms with van der Waals surface area (Å²) in [6.45, 7) is 4.35. The Morgan fingerprint density at radius 3 is 2.05 bits per heavy atom. The average Bonchev–Trinajstić information content (AvgIpc) is 2.50. The maximum absolute atomic E-state index is 12.8. The van der Waals surface area contributed by atoms with Crippen LogP contribution in [0.4, 0.5) is 4.39 Å². The summed E-state index contributed by atoms with van der Waals surface area (Å²) in [7, 11) is 0. The van der Waals surface area contributed by atoms with Crippen LogP contribution >= 0.6 is 0 Å². The van der Waals surface area contributed by atoms with Crippen molar-refractivity contribution in [2.75, 3.05) is 26.2 Å². The van der Waals surface area contributed by atoms with E-state index < -0.39 is 0 Å². The van der Waals surface area contributed by atoms with Crippen molar-refractivity contribution < 1.29 is 14.0 Å². The number of hydrogen-bond acceptors (Lipinski definition) is 2. The van der Waals surface area contributed by atoms with Crippen LogP contribution in [0, 0.1) is 5.82 Å². The van der Waals surface area contributed by atoms with E-state index in [1.54, 1.807) is 17.0 Å². The summed E-state index contributed by atoms with van der Waals surface area (Å²) < 4.78 is 12.8. The van der Waals surface area contributed by atoms with Crippen molar-refractivity contribution in [1.82, 2.24) is 9.80 Å². The molecule has 4 nitrogen and oxygen atoms in total.